The number of hydrogen-bond donors (Lipinski definition) is 1. The Hall–Kier alpha value is -1.86. The largest absolute Gasteiger partial charge is 0.354 e. The first-order chi connectivity index (χ1) is 14.2. The number of aryl methyl sites for hydroxylation is 2. The van der Waals surface area contributed by atoms with Crippen LogP contribution in [0.25, 0.3) is 5.69 Å². The second kappa shape index (κ2) is 9.52. The van der Waals surface area contributed by atoms with Crippen molar-refractivity contribution in [2.45, 2.75) is 58.7 Å². The van der Waals surface area contributed by atoms with Crippen LogP contribution in [0.1, 0.15) is 45.2 Å². The fourth-order valence-corrected chi connectivity index (χ4v) is 4.90. The lowest BCUT2D eigenvalue weighted by Crippen LogP contribution is -2.56. The van der Waals surface area contributed by atoms with Gasteiger partial charge in [-0.25, -0.2) is 0 Å². The predicted molar refractivity (Wildman–Crippen MR) is 123 cm³/mol. The highest BCUT2D eigenvalue weighted by molar-refractivity contribution is 7.99. The number of rotatable bonds is 7. The zero-order valence-electron chi connectivity index (χ0n) is 19.1. The molecule has 1 aliphatic heterocycles. The summed E-state index contributed by atoms with van der Waals surface area (Å²) in [5.74, 6) is 1.76. The molecule has 3 rings (SSSR count). The molecule has 1 fully saturated rings. The van der Waals surface area contributed by atoms with Gasteiger partial charge < -0.3 is 5.32 Å². The maximum Gasteiger partial charge on any atom is 0.230 e. The molecule has 2 heterocycles. The van der Waals surface area contributed by atoms with Crippen LogP contribution in [-0.4, -0.2) is 56.5 Å². The lowest BCUT2D eigenvalue weighted by Gasteiger charge is -2.45. The van der Waals surface area contributed by atoms with E-state index in [1.165, 1.54) is 29.3 Å². The number of likely N-dealkylation sites (tertiary alicyclic amines) is 1. The molecule has 1 aromatic heterocycles. The number of carbonyl (C=O) groups is 1. The Kier molecular flexibility index (Phi) is 7.24. The summed E-state index contributed by atoms with van der Waals surface area (Å²) in [6, 6.07) is 6.26. The highest BCUT2D eigenvalue weighted by Gasteiger charge is 2.32. The van der Waals surface area contributed by atoms with Crippen molar-refractivity contribution in [2.24, 2.45) is 11.8 Å². The maximum atomic E-state index is 12.5. The molecular formula is C23H35N5OS. The van der Waals surface area contributed by atoms with Gasteiger partial charge in [-0.15, -0.1) is 10.2 Å². The number of carbonyl (C=O) groups excluding carboxylic acids is 1. The number of thioether (sulfide) groups is 1. The molecule has 1 aliphatic rings. The van der Waals surface area contributed by atoms with E-state index in [1.54, 1.807) is 6.33 Å². The Morgan fingerprint density at radius 2 is 1.90 bits per heavy atom. The third-order valence-electron chi connectivity index (χ3n) is 6.06. The van der Waals surface area contributed by atoms with Crippen molar-refractivity contribution >= 4 is 17.7 Å². The molecule has 0 aliphatic carbocycles. The second-order valence-corrected chi connectivity index (χ2v) is 10.4. The van der Waals surface area contributed by atoms with Gasteiger partial charge in [-0.05, 0) is 69.2 Å². The number of nitrogens with one attached hydrogen (secondary N) is 1. The zero-order valence-corrected chi connectivity index (χ0v) is 19.9. The fraction of sp³-hybridized carbons (Fsp3) is 0.609. The molecule has 0 radical (unpaired) electrons. The molecule has 1 saturated heterocycles. The van der Waals surface area contributed by atoms with Gasteiger partial charge in [0.2, 0.25) is 5.91 Å². The molecule has 0 bridgehead atoms. The molecule has 164 valence electrons. The van der Waals surface area contributed by atoms with Crippen molar-refractivity contribution in [3.8, 4) is 5.69 Å². The third kappa shape index (κ3) is 5.64. The number of hydrogen-bond acceptors (Lipinski definition) is 5. The first kappa shape index (κ1) is 22.8. The highest BCUT2D eigenvalue weighted by atomic mass is 32.2. The quantitative estimate of drug-likeness (QED) is 0.678. The van der Waals surface area contributed by atoms with Crippen LogP contribution >= 0.6 is 11.8 Å². The Morgan fingerprint density at radius 3 is 2.57 bits per heavy atom. The summed E-state index contributed by atoms with van der Waals surface area (Å²) >= 11 is 1.42. The van der Waals surface area contributed by atoms with Gasteiger partial charge in [0, 0.05) is 30.9 Å². The predicted octanol–water partition coefficient (Wildman–Crippen LogP) is 3.85. The van der Waals surface area contributed by atoms with E-state index in [0.29, 0.717) is 24.1 Å². The number of piperidine rings is 1. The molecule has 1 aromatic carbocycles. The van der Waals surface area contributed by atoms with Crippen LogP contribution in [0.15, 0.2) is 29.7 Å². The smallest absolute Gasteiger partial charge is 0.230 e. The Bertz CT molecular complexity index is 868. The minimum absolute atomic E-state index is 0.0285. The summed E-state index contributed by atoms with van der Waals surface area (Å²) in [6.45, 7) is 16.1. The highest BCUT2D eigenvalue weighted by Crippen LogP contribution is 2.27. The van der Waals surface area contributed by atoms with E-state index in [4.69, 9.17) is 0 Å². The molecular weight excluding hydrogens is 394 g/mol. The van der Waals surface area contributed by atoms with Crippen molar-refractivity contribution in [1.82, 2.24) is 25.0 Å². The normalized spacial score (nSPS) is 20.3. The van der Waals surface area contributed by atoms with Gasteiger partial charge in [0.15, 0.2) is 5.16 Å². The standard InChI is InChI=1S/C23H35N5OS/c1-16-9-17(2)12-27(11-16)23(5,6)14-24-21(29)13-30-22-26-25-15-28(22)20-8-7-18(3)19(4)10-20/h7-8,10,15-17H,9,11-14H2,1-6H3,(H,24,29)/t16-,17+. The summed E-state index contributed by atoms with van der Waals surface area (Å²) in [5, 5.41) is 12.1. The van der Waals surface area contributed by atoms with Crippen LogP contribution in [0.4, 0.5) is 0 Å². The van der Waals surface area contributed by atoms with Gasteiger partial charge in [-0.1, -0.05) is 31.7 Å². The molecule has 6 nitrogen and oxygen atoms in total. The van der Waals surface area contributed by atoms with Gasteiger partial charge in [0.05, 0.1) is 5.75 Å². The summed E-state index contributed by atoms with van der Waals surface area (Å²) in [5.41, 5.74) is 3.43. The van der Waals surface area contributed by atoms with Crippen LogP contribution in [0.3, 0.4) is 0 Å². The van der Waals surface area contributed by atoms with Crippen molar-refractivity contribution in [3.05, 3.63) is 35.7 Å². The van der Waals surface area contributed by atoms with Crippen LogP contribution in [-0.2, 0) is 4.79 Å². The van der Waals surface area contributed by atoms with E-state index in [1.807, 2.05) is 4.57 Å². The van der Waals surface area contributed by atoms with E-state index in [0.717, 1.165) is 23.9 Å². The SMILES string of the molecule is Cc1ccc(-n2cnnc2SCC(=O)NCC(C)(C)N2C[C@H](C)C[C@H](C)C2)cc1C. The van der Waals surface area contributed by atoms with E-state index in [-0.39, 0.29) is 11.4 Å². The van der Waals surface area contributed by atoms with Gasteiger partial charge >= 0.3 is 0 Å². The number of amides is 1. The second-order valence-electron chi connectivity index (χ2n) is 9.48. The minimum Gasteiger partial charge on any atom is -0.354 e. The van der Waals surface area contributed by atoms with Crippen LogP contribution in [0.2, 0.25) is 0 Å². The topological polar surface area (TPSA) is 63.1 Å². The van der Waals surface area contributed by atoms with Crippen LogP contribution in [0, 0.1) is 25.7 Å². The first-order valence-electron chi connectivity index (χ1n) is 10.8. The zero-order chi connectivity index (χ0) is 21.9. The lowest BCUT2D eigenvalue weighted by molar-refractivity contribution is -0.119. The summed E-state index contributed by atoms with van der Waals surface area (Å²) in [6.07, 6.45) is 2.99. The van der Waals surface area contributed by atoms with E-state index >= 15 is 0 Å². The average Bonchev–Trinajstić information content (AvgIpc) is 3.15. The van der Waals surface area contributed by atoms with Gasteiger partial charge in [0.1, 0.15) is 6.33 Å². The average molecular weight is 430 g/mol. The van der Waals surface area contributed by atoms with Crippen LogP contribution in [0.5, 0.6) is 0 Å². The molecule has 0 unspecified atom stereocenters. The van der Waals surface area contributed by atoms with Crippen molar-refractivity contribution in [3.63, 3.8) is 0 Å². The maximum absolute atomic E-state index is 12.5. The molecule has 0 spiro atoms. The molecule has 2 atom stereocenters. The van der Waals surface area contributed by atoms with Gasteiger partial charge in [-0.3, -0.25) is 14.3 Å². The summed E-state index contributed by atoms with van der Waals surface area (Å²) < 4.78 is 1.94. The van der Waals surface area contributed by atoms with Crippen LogP contribution < -0.4 is 5.32 Å². The molecule has 0 saturated carbocycles. The van der Waals surface area contributed by atoms with E-state index in [2.05, 4.69) is 80.2 Å². The number of nitrogens with zero attached hydrogens (tertiary/aromatic N) is 4. The Labute approximate surface area is 184 Å². The van der Waals surface area contributed by atoms with Gasteiger partial charge in [0.25, 0.3) is 0 Å². The first-order valence-corrected chi connectivity index (χ1v) is 11.8. The molecule has 7 heteroatoms. The van der Waals surface area contributed by atoms with Gasteiger partial charge in [-0.2, -0.15) is 0 Å². The summed E-state index contributed by atoms with van der Waals surface area (Å²) in [4.78, 5) is 15.1. The number of aromatic nitrogens is 3. The molecule has 1 amide bonds. The lowest BCUT2D eigenvalue weighted by atomic mass is 9.88. The Morgan fingerprint density at radius 1 is 1.20 bits per heavy atom. The summed E-state index contributed by atoms with van der Waals surface area (Å²) in [7, 11) is 0. The van der Waals surface area contributed by atoms with Crippen molar-refractivity contribution in [2.75, 3.05) is 25.4 Å². The molecule has 2 aromatic rings. The monoisotopic (exact) mass is 429 g/mol. The Balaban J connectivity index is 1.54. The van der Waals surface area contributed by atoms with E-state index in [9.17, 15) is 4.79 Å². The minimum atomic E-state index is -0.0529. The van der Waals surface area contributed by atoms with E-state index < -0.39 is 0 Å². The molecule has 1 N–H and O–H groups in total. The van der Waals surface area contributed by atoms with Crippen molar-refractivity contribution in [1.29, 1.82) is 0 Å². The number of benzene rings is 1. The third-order valence-corrected chi connectivity index (χ3v) is 7.00. The van der Waals surface area contributed by atoms with Crippen molar-refractivity contribution < 1.29 is 4.79 Å². The fourth-order valence-electron chi connectivity index (χ4n) is 4.14. The molecule has 30 heavy (non-hydrogen) atoms.